The van der Waals surface area contributed by atoms with Gasteiger partial charge in [0.1, 0.15) is 5.56 Å². The SMILES string of the molecule is CCOC(=O)CCOc1cc(C(=O)OCC)c([N+](=O)[O-])cc1OC. The predicted molar refractivity (Wildman–Crippen MR) is 82.3 cm³/mol. The Kier molecular flexibility index (Phi) is 7.47. The smallest absolute Gasteiger partial charge is 0.345 e. The van der Waals surface area contributed by atoms with E-state index in [1.165, 1.54) is 13.2 Å². The summed E-state index contributed by atoms with van der Waals surface area (Å²) in [7, 11) is 1.31. The number of hydrogen-bond donors (Lipinski definition) is 0. The topological polar surface area (TPSA) is 114 Å². The van der Waals surface area contributed by atoms with Crippen LogP contribution in [0.5, 0.6) is 11.5 Å². The van der Waals surface area contributed by atoms with E-state index < -0.39 is 22.5 Å². The van der Waals surface area contributed by atoms with Crippen LogP contribution in [0.25, 0.3) is 0 Å². The summed E-state index contributed by atoms with van der Waals surface area (Å²) in [6, 6.07) is 2.24. The minimum atomic E-state index is -0.845. The average Bonchev–Trinajstić information content (AvgIpc) is 2.54. The minimum Gasteiger partial charge on any atom is -0.493 e. The molecule has 132 valence electrons. The molecular weight excluding hydrogens is 322 g/mol. The third-order valence-electron chi connectivity index (χ3n) is 2.84. The summed E-state index contributed by atoms with van der Waals surface area (Å²) in [5.41, 5.74) is -0.711. The highest BCUT2D eigenvalue weighted by molar-refractivity contribution is 5.95. The van der Waals surface area contributed by atoms with Crippen LogP contribution in [-0.4, -0.2) is 43.8 Å². The lowest BCUT2D eigenvalue weighted by atomic mass is 10.1. The van der Waals surface area contributed by atoms with Crippen LogP contribution in [0.2, 0.25) is 0 Å². The van der Waals surface area contributed by atoms with Gasteiger partial charge in [0.25, 0.3) is 5.69 Å². The molecule has 0 saturated carbocycles. The molecule has 1 aromatic rings. The highest BCUT2D eigenvalue weighted by Crippen LogP contribution is 2.35. The van der Waals surface area contributed by atoms with Crippen molar-refractivity contribution in [1.82, 2.24) is 0 Å². The first-order chi connectivity index (χ1) is 11.4. The fourth-order valence-electron chi connectivity index (χ4n) is 1.82. The van der Waals surface area contributed by atoms with Crippen LogP contribution in [0.1, 0.15) is 30.6 Å². The largest absolute Gasteiger partial charge is 0.493 e. The molecule has 0 spiro atoms. The van der Waals surface area contributed by atoms with Crippen molar-refractivity contribution >= 4 is 17.6 Å². The second-order valence-corrected chi connectivity index (χ2v) is 4.40. The molecule has 9 nitrogen and oxygen atoms in total. The maximum Gasteiger partial charge on any atom is 0.345 e. The summed E-state index contributed by atoms with van der Waals surface area (Å²) in [5, 5.41) is 11.1. The quantitative estimate of drug-likeness (QED) is 0.381. The zero-order valence-corrected chi connectivity index (χ0v) is 13.7. The van der Waals surface area contributed by atoms with Gasteiger partial charge in [0, 0.05) is 6.07 Å². The second-order valence-electron chi connectivity index (χ2n) is 4.40. The van der Waals surface area contributed by atoms with Gasteiger partial charge in [0.2, 0.25) is 0 Å². The Balaban J connectivity index is 3.05. The molecule has 24 heavy (non-hydrogen) atoms. The van der Waals surface area contributed by atoms with E-state index in [4.69, 9.17) is 18.9 Å². The number of nitro groups is 1. The van der Waals surface area contributed by atoms with Crippen LogP contribution < -0.4 is 9.47 Å². The summed E-state index contributed by atoms with van der Waals surface area (Å²) < 4.78 is 20.0. The Bertz CT molecular complexity index is 614. The number of esters is 2. The molecule has 0 amide bonds. The van der Waals surface area contributed by atoms with Crippen LogP contribution in [0.3, 0.4) is 0 Å². The number of carbonyl (C=O) groups is 2. The molecule has 0 N–H and O–H groups in total. The highest BCUT2D eigenvalue weighted by Gasteiger charge is 2.25. The third kappa shape index (κ3) is 5.11. The number of methoxy groups -OCH3 is 1. The van der Waals surface area contributed by atoms with Crippen molar-refractivity contribution < 1.29 is 33.5 Å². The lowest BCUT2D eigenvalue weighted by molar-refractivity contribution is -0.385. The summed E-state index contributed by atoms with van der Waals surface area (Å²) in [4.78, 5) is 33.6. The van der Waals surface area contributed by atoms with Crippen LogP contribution in [-0.2, 0) is 14.3 Å². The summed E-state index contributed by atoms with van der Waals surface area (Å²) in [6.45, 7) is 3.57. The zero-order valence-electron chi connectivity index (χ0n) is 13.7. The van der Waals surface area contributed by atoms with E-state index in [1.54, 1.807) is 13.8 Å². The zero-order chi connectivity index (χ0) is 18.1. The molecule has 0 aliphatic carbocycles. The van der Waals surface area contributed by atoms with Gasteiger partial charge in [-0.15, -0.1) is 0 Å². The van der Waals surface area contributed by atoms with Crippen molar-refractivity contribution in [3.63, 3.8) is 0 Å². The minimum absolute atomic E-state index is 0.0112. The van der Waals surface area contributed by atoms with Crippen molar-refractivity contribution in [2.24, 2.45) is 0 Å². The second kappa shape index (κ2) is 9.33. The van der Waals surface area contributed by atoms with Gasteiger partial charge < -0.3 is 18.9 Å². The number of rotatable bonds is 9. The predicted octanol–water partition coefficient (Wildman–Crippen LogP) is 2.11. The molecule has 0 aromatic heterocycles. The van der Waals surface area contributed by atoms with E-state index >= 15 is 0 Å². The Labute approximate surface area is 138 Å². The standard InChI is InChI=1S/C15H19NO8/c1-4-22-14(17)6-7-24-13-8-10(15(18)23-5-2)11(16(19)20)9-12(13)21-3/h8-9H,4-7H2,1-3H3. The summed E-state index contributed by atoms with van der Waals surface area (Å²) in [6.07, 6.45) is -0.0112. The Morgan fingerprint density at radius 1 is 1.12 bits per heavy atom. The molecule has 0 radical (unpaired) electrons. The number of carbonyl (C=O) groups excluding carboxylic acids is 2. The number of hydrogen-bond acceptors (Lipinski definition) is 8. The van der Waals surface area contributed by atoms with Crippen LogP contribution >= 0.6 is 0 Å². The molecule has 0 aliphatic rings. The molecule has 0 unspecified atom stereocenters. The lowest BCUT2D eigenvalue weighted by Gasteiger charge is -2.12. The van der Waals surface area contributed by atoms with Gasteiger partial charge in [-0.05, 0) is 13.8 Å². The Hall–Kier alpha value is -2.84. The van der Waals surface area contributed by atoms with E-state index in [0.29, 0.717) is 0 Å². The summed E-state index contributed by atoms with van der Waals surface area (Å²) >= 11 is 0. The van der Waals surface area contributed by atoms with Crippen molar-refractivity contribution in [2.45, 2.75) is 20.3 Å². The van der Waals surface area contributed by atoms with E-state index in [9.17, 15) is 19.7 Å². The van der Waals surface area contributed by atoms with Crippen molar-refractivity contribution in [3.8, 4) is 11.5 Å². The van der Waals surface area contributed by atoms with Gasteiger partial charge in [-0.25, -0.2) is 4.79 Å². The van der Waals surface area contributed by atoms with Gasteiger partial charge in [-0.1, -0.05) is 0 Å². The Morgan fingerprint density at radius 3 is 2.33 bits per heavy atom. The normalized spacial score (nSPS) is 9.96. The summed E-state index contributed by atoms with van der Waals surface area (Å²) in [5.74, 6) is -1.12. The van der Waals surface area contributed by atoms with E-state index in [-0.39, 0.29) is 43.3 Å². The molecular formula is C15H19NO8. The maximum absolute atomic E-state index is 11.9. The first-order valence-corrected chi connectivity index (χ1v) is 7.26. The first-order valence-electron chi connectivity index (χ1n) is 7.26. The third-order valence-corrected chi connectivity index (χ3v) is 2.84. The van der Waals surface area contributed by atoms with E-state index in [2.05, 4.69) is 0 Å². The van der Waals surface area contributed by atoms with E-state index in [1.807, 2.05) is 0 Å². The molecule has 0 aliphatic heterocycles. The van der Waals surface area contributed by atoms with Gasteiger partial charge in [0.05, 0.1) is 44.3 Å². The van der Waals surface area contributed by atoms with Crippen molar-refractivity contribution in [1.29, 1.82) is 0 Å². The Morgan fingerprint density at radius 2 is 1.79 bits per heavy atom. The van der Waals surface area contributed by atoms with Crippen LogP contribution in [0.4, 0.5) is 5.69 Å². The van der Waals surface area contributed by atoms with E-state index in [0.717, 1.165) is 6.07 Å². The van der Waals surface area contributed by atoms with Crippen molar-refractivity contribution in [2.75, 3.05) is 26.9 Å². The molecule has 9 heteroatoms. The van der Waals surface area contributed by atoms with Crippen LogP contribution in [0, 0.1) is 10.1 Å². The van der Waals surface area contributed by atoms with Gasteiger partial charge in [-0.3, -0.25) is 14.9 Å². The number of nitro benzene ring substituents is 1. The maximum atomic E-state index is 11.9. The molecule has 1 rings (SSSR count). The molecule has 0 saturated heterocycles. The monoisotopic (exact) mass is 341 g/mol. The first kappa shape index (κ1) is 19.2. The molecule has 0 atom stereocenters. The highest BCUT2D eigenvalue weighted by atomic mass is 16.6. The number of nitrogens with zero attached hydrogens (tertiary/aromatic N) is 1. The average molecular weight is 341 g/mol. The number of benzene rings is 1. The fourth-order valence-corrected chi connectivity index (χ4v) is 1.82. The molecule has 0 bridgehead atoms. The van der Waals surface area contributed by atoms with Crippen molar-refractivity contribution in [3.05, 3.63) is 27.8 Å². The fraction of sp³-hybridized carbons (Fsp3) is 0.467. The van der Waals surface area contributed by atoms with Crippen LogP contribution in [0.15, 0.2) is 12.1 Å². The number of ether oxygens (including phenoxy) is 4. The molecule has 0 heterocycles. The molecule has 1 aromatic carbocycles. The van der Waals surface area contributed by atoms with Gasteiger partial charge in [0.15, 0.2) is 11.5 Å². The van der Waals surface area contributed by atoms with Gasteiger partial charge >= 0.3 is 11.9 Å². The van der Waals surface area contributed by atoms with Gasteiger partial charge in [-0.2, -0.15) is 0 Å². The lowest BCUT2D eigenvalue weighted by Crippen LogP contribution is -2.12. The molecule has 0 fully saturated rings.